The number of hydrogen-bond acceptors (Lipinski definition) is 3. The molecule has 0 unspecified atom stereocenters. The smallest absolute Gasteiger partial charge is 0.236 e. The predicted molar refractivity (Wildman–Crippen MR) is 77.1 cm³/mol. The summed E-state index contributed by atoms with van der Waals surface area (Å²) in [5, 5.41) is 3.06. The molecule has 0 aliphatic heterocycles. The Kier molecular flexibility index (Phi) is 6.53. The first-order valence-corrected chi connectivity index (χ1v) is 6.54. The number of likely N-dealkylation sites (N-methyl/N-ethyl adjacent to an activating group) is 1. The standard InChI is InChI=1S/C15H24N2O2/c1-12-5-6-14(13(2)9-12)11-17(3)15(18)10-16-7-8-19-4/h5-6,9,16H,7-8,10-11H2,1-4H3. The van der Waals surface area contributed by atoms with E-state index in [-0.39, 0.29) is 5.91 Å². The van der Waals surface area contributed by atoms with E-state index in [1.165, 1.54) is 16.7 Å². The van der Waals surface area contributed by atoms with E-state index in [2.05, 4.69) is 37.4 Å². The number of nitrogens with zero attached hydrogens (tertiary/aromatic N) is 1. The number of carbonyl (C=O) groups is 1. The van der Waals surface area contributed by atoms with Gasteiger partial charge in [-0.1, -0.05) is 23.8 Å². The van der Waals surface area contributed by atoms with Crippen molar-refractivity contribution in [3.8, 4) is 0 Å². The SMILES string of the molecule is COCCNCC(=O)N(C)Cc1ccc(C)cc1C. The lowest BCUT2D eigenvalue weighted by molar-refractivity contribution is -0.129. The van der Waals surface area contributed by atoms with Crippen molar-refractivity contribution < 1.29 is 9.53 Å². The van der Waals surface area contributed by atoms with Crippen molar-refractivity contribution in [1.29, 1.82) is 0 Å². The van der Waals surface area contributed by atoms with Gasteiger partial charge in [0.05, 0.1) is 13.2 Å². The maximum atomic E-state index is 11.9. The van der Waals surface area contributed by atoms with Crippen LogP contribution in [0.25, 0.3) is 0 Å². The van der Waals surface area contributed by atoms with E-state index in [9.17, 15) is 4.79 Å². The highest BCUT2D eigenvalue weighted by atomic mass is 16.5. The van der Waals surface area contributed by atoms with Gasteiger partial charge in [0.2, 0.25) is 5.91 Å². The molecule has 0 radical (unpaired) electrons. The zero-order chi connectivity index (χ0) is 14.3. The maximum Gasteiger partial charge on any atom is 0.236 e. The molecule has 1 aromatic carbocycles. The highest BCUT2D eigenvalue weighted by Crippen LogP contribution is 2.12. The molecule has 0 aliphatic rings. The molecule has 19 heavy (non-hydrogen) atoms. The second-order valence-corrected chi connectivity index (χ2v) is 4.85. The Morgan fingerprint density at radius 3 is 2.74 bits per heavy atom. The summed E-state index contributed by atoms with van der Waals surface area (Å²) in [5.41, 5.74) is 3.67. The summed E-state index contributed by atoms with van der Waals surface area (Å²) in [7, 11) is 3.48. The minimum atomic E-state index is 0.0936. The number of aryl methyl sites for hydroxylation is 2. The van der Waals surface area contributed by atoms with E-state index in [1.54, 1.807) is 12.0 Å². The average molecular weight is 264 g/mol. The molecule has 0 saturated carbocycles. The molecule has 0 aromatic heterocycles. The zero-order valence-corrected chi connectivity index (χ0v) is 12.3. The Morgan fingerprint density at radius 2 is 2.11 bits per heavy atom. The molecule has 0 spiro atoms. The molecular formula is C15H24N2O2. The van der Waals surface area contributed by atoms with Crippen LogP contribution in [-0.4, -0.2) is 44.7 Å². The van der Waals surface area contributed by atoms with Gasteiger partial charge in [0, 0.05) is 27.2 Å². The maximum absolute atomic E-state index is 11.9. The van der Waals surface area contributed by atoms with Crippen molar-refractivity contribution >= 4 is 5.91 Å². The van der Waals surface area contributed by atoms with Crippen molar-refractivity contribution in [2.24, 2.45) is 0 Å². The lowest BCUT2D eigenvalue weighted by atomic mass is 10.1. The van der Waals surface area contributed by atoms with Crippen molar-refractivity contribution in [1.82, 2.24) is 10.2 Å². The van der Waals surface area contributed by atoms with Crippen molar-refractivity contribution in [3.63, 3.8) is 0 Å². The number of rotatable bonds is 7. The first-order chi connectivity index (χ1) is 9.04. The monoisotopic (exact) mass is 264 g/mol. The van der Waals surface area contributed by atoms with Crippen molar-refractivity contribution in [3.05, 3.63) is 34.9 Å². The molecule has 106 valence electrons. The van der Waals surface area contributed by atoms with Gasteiger partial charge in [-0.15, -0.1) is 0 Å². The first kappa shape index (κ1) is 15.7. The molecule has 1 N–H and O–H groups in total. The number of methoxy groups -OCH3 is 1. The molecule has 1 aromatic rings. The minimum absolute atomic E-state index is 0.0936. The number of carbonyl (C=O) groups excluding carboxylic acids is 1. The highest BCUT2D eigenvalue weighted by Gasteiger charge is 2.09. The molecule has 0 fully saturated rings. The van der Waals surface area contributed by atoms with E-state index in [0.29, 0.717) is 26.2 Å². The Morgan fingerprint density at radius 1 is 1.37 bits per heavy atom. The van der Waals surface area contributed by atoms with Crippen molar-refractivity contribution in [2.75, 3.05) is 33.9 Å². The van der Waals surface area contributed by atoms with Crippen molar-refractivity contribution in [2.45, 2.75) is 20.4 Å². The summed E-state index contributed by atoms with van der Waals surface area (Å²) in [4.78, 5) is 13.7. The Labute approximate surface area is 115 Å². The van der Waals surface area contributed by atoms with Gasteiger partial charge in [-0.25, -0.2) is 0 Å². The lowest BCUT2D eigenvalue weighted by Crippen LogP contribution is -2.36. The van der Waals surface area contributed by atoms with Crippen LogP contribution in [-0.2, 0) is 16.1 Å². The molecule has 0 atom stereocenters. The minimum Gasteiger partial charge on any atom is -0.383 e. The summed E-state index contributed by atoms with van der Waals surface area (Å²) in [5.74, 6) is 0.0936. The van der Waals surface area contributed by atoms with Gasteiger partial charge < -0.3 is 15.0 Å². The Balaban J connectivity index is 2.45. The van der Waals surface area contributed by atoms with Crippen LogP contribution in [0.4, 0.5) is 0 Å². The molecule has 0 aliphatic carbocycles. The quantitative estimate of drug-likeness (QED) is 0.759. The Hall–Kier alpha value is -1.39. The summed E-state index contributed by atoms with van der Waals surface area (Å²) in [6.45, 7) is 6.47. The predicted octanol–water partition coefficient (Wildman–Crippen LogP) is 1.50. The summed E-state index contributed by atoms with van der Waals surface area (Å²) < 4.78 is 4.92. The average Bonchev–Trinajstić information content (AvgIpc) is 2.37. The zero-order valence-electron chi connectivity index (χ0n) is 12.3. The largest absolute Gasteiger partial charge is 0.383 e. The Bertz CT molecular complexity index is 419. The third-order valence-corrected chi connectivity index (χ3v) is 3.09. The van der Waals surface area contributed by atoms with Gasteiger partial charge in [0.1, 0.15) is 0 Å². The normalized spacial score (nSPS) is 10.5. The van der Waals surface area contributed by atoms with Crippen LogP contribution < -0.4 is 5.32 Å². The second kappa shape index (κ2) is 7.92. The van der Waals surface area contributed by atoms with Crippen LogP contribution in [0.5, 0.6) is 0 Å². The van der Waals surface area contributed by atoms with Gasteiger partial charge in [0.15, 0.2) is 0 Å². The third-order valence-electron chi connectivity index (χ3n) is 3.09. The fraction of sp³-hybridized carbons (Fsp3) is 0.533. The van der Waals surface area contributed by atoms with Gasteiger partial charge in [-0.2, -0.15) is 0 Å². The van der Waals surface area contributed by atoms with E-state index in [4.69, 9.17) is 4.74 Å². The molecule has 0 heterocycles. The molecule has 4 nitrogen and oxygen atoms in total. The van der Waals surface area contributed by atoms with Crippen LogP contribution in [0.3, 0.4) is 0 Å². The van der Waals surface area contributed by atoms with Crippen LogP contribution in [0.2, 0.25) is 0 Å². The van der Waals surface area contributed by atoms with Crippen LogP contribution in [0.15, 0.2) is 18.2 Å². The highest BCUT2D eigenvalue weighted by molar-refractivity contribution is 5.78. The van der Waals surface area contributed by atoms with Gasteiger partial charge in [0.25, 0.3) is 0 Å². The molecule has 0 saturated heterocycles. The van der Waals surface area contributed by atoms with Crippen LogP contribution in [0.1, 0.15) is 16.7 Å². The van der Waals surface area contributed by atoms with E-state index >= 15 is 0 Å². The summed E-state index contributed by atoms with van der Waals surface area (Å²) >= 11 is 0. The molecular weight excluding hydrogens is 240 g/mol. The lowest BCUT2D eigenvalue weighted by Gasteiger charge is -2.19. The van der Waals surface area contributed by atoms with Gasteiger partial charge in [-0.3, -0.25) is 4.79 Å². The van der Waals surface area contributed by atoms with E-state index in [0.717, 1.165) is 0 Å². The van der Waals surface area contributed by atoms with Crippen LogP contribution >= 0.6 is 0 Å². The van der Waals surface area contributed by atoms with Gasteiger partial charge >= 0.3 is 0 Å². The fourth-order valence-electron chi connectivity index (χ4n) is 1.87. The second-order valence-electron chi connectivity index (χ2n) is 4.85. The van der Waals surface area contributed by atoms with E-state index < -0.39 is 0 Å². The number of ether oxygens (including phenoxy) is 1. The first-order valence-electron chi connectivity index (χ1n) is 6.54. The number of amides is 1. The molecule has 1 rings (SSSR count). The number of hydrogen-bond donors (Lipinski definition) is 1. The summed E-state index contributed by atoms with van der Waals surface area (Å²) in [6, 6.07) is 6.31. The molecule has 1 amide bonds. The number of benzene rings is 1. The third kappa shape index (κ3) is 5.41. The topological polar surface area (TPSA) is 41.6 Å². The fourth-order valence-corrected chi connectivity index (χ4v) is 1.87. The van der Waals surface area contributed by atoms with Crippen LogP contribution in [0, 0.1) is 13.8 Å². The van der Waals surface area contributed by atoms with Gasteiger partial charge in [-0.05, 0) is 25.0 Å². The molecule has 0 bridgehead atoms. The number of nitrogens with one attached hydrogen (secondary N) is 1. The summed E-state index contributed by atoms with van der Waals surface area (Å²) in [6.07, 6.45) is 0. The molecule has 4 heteroatoms. The van der Waals surface area contributed by atoms with E-state index in [1.807, 2.05) is 7.05 Å².